The van der Waals surface area contributed by atoms with Crippen molar-refractivity contribution in [2.24, 2.45) is 0 Å². The Morgan fingerprint density at radius 1 is 1.08 bits per heavy atom. The van der Waals surface area contributed by atoms with Crippen molar-refractivity contribution >= 4 is 23.5 Å². The summed E-state index contributed by atoms with van der Waals surface area (Å²) in [5.74, 6) is 0.321. The Morgan fingerprint density at radius 3 is 2.66 bits per heavy atom. The van der Waals surface area contributed by atoms with Gasteiger partial charge in [0.2, 0.25) is 5.95 Å². The average molecular weight is 535 g/mol. The highest BCUT2D eigenvalue weighted by atomic mass is 35.5. The number of allylic oxidation sites excluding steroid dienone is 1. The zero-order valence-corrected chi connectivity index (χ0v) is 21.4. The standard InChI is InChI=1S/C28H24ClFN4O4/c1-17-25(27(35)38-14-18-7-4-3-5-8-18)26(34-28(33-17)31-16-32-34)19-11-12-23(24(13-19)36-2)37-15-20-21(29)9-6-10-22(20)30/h3-13,16,26H,14-15H2,1-2H3,(H,31,32,33). The minimum atomic E-state index is -0.638. The molecule has 3 aromatic carbocycles. The van der Waals surface area contributed by atoms with Crippen molar-refractivity contribution in [1.29, 1.82) is 0 Å². The second-order valence-corrected chi connectivity index (χ2v) is 8.96. The number of hydrogen-bond donors (Lipinski definition) is 1. The minimum Gasteiger partial charge on any atom is -0.493 e. The van der Waals surface area contributed by atoms with E-state index in [1.165, 1.54) is 25.6 Å². The molecule has 38 heavy (non-hydrogen) atoms. The van der Waals surface area contributed by atoms with Crippen LogP contribution in [0.25, 0.3) is 0 Å². The summed E-state index contributed by atoms with van der Waals surface area (Å²) in [6.45, 7) is 1.83. The van der Waals surface area contributed by atoms with Gasteiger partial charge in [0.1, 0.15) is 31.4 Å². The number of halogens is 2. The molecular formula is C28H24ClFN4O4. The number of rotatable bonds is 8. The highest BCUT2D eigenvalue weighted by Gasteiger charge is 2.35. The lowest BCUT2D eigenvalue weighted by Gasteiger charge is -2.28. The summed E-state index contributed by atoms with van der Waals surface area (Å²) in [6, 6.07) is 18.5. The third kappa shape index (κ3) is 5.05. The lowest BCUT2D eigenvalue weighted by atomic mass is 9.95. The lowest BCUT2D eigenvalue weighted by Crippen LogP contribution is -2.29. The summed E-state index contributed by atoms with van der Waals surface area (Å²) in [6.07, 6.45) is 1.41. The molecule has 4 aromatic rings. The van der Waals surface area contributed by atoms with Crippen LogP contribution in [0.4, 0.5) is 10.3 Å². The Bertz CT molecular complexity index is 1490. The van der Waals surface area contributed by atoms with Gasteiger partial charge in [-0.25, -0.2) is 13.9 Å². The zero-order valence-electron chi connectivity index (χ0n) is 20.7. The van der Waals surface area contributed by atoms with Crippen LogP contribution in [-0.4, -0.2) is 27.8 Å². The fourth-order valence-corrected chi connectivity index (χ4v) is 4.48. The van der Waals surface area contributed by atoms with Crippen molar-refractivity contribution in [3.8, 4) is 11.5 Å². The molecule has 8 nitrogen and oxygen atoms in total. The number of esters is 1. The van der Waals surface area contributed by atoms with E-state index in [0.717, 1.165) is 5.56 Å². The van der Waals surface area contributed by atoms with E-state index < -0.39 is 17.8 Å². The van der Waals surface area contributed by atoms with E-state index in [-0.39, 0.29) is 23.8 Å². The third-order valence-corrected chi connectivity index (χ3v) is 6.52. The summed E-state index contributed by atoms with van der Waals surface area (Å²) in [7, 11) is 1.50. The van der Waals surface area contributed by atoms with Crippen LogP contribution in [0.5, 0.6) is 11.5 Å². The lowest BCUT2D eigenvalue weighted by molar-refractivity contribution is -0.140. The number of fused-ring (bicyclic) bond motifs is 1. The Morgan fingerprint density at radius 2 is 1.89 bits per heavy atom. The van der Waals surface area contributed by atoms with Gasteiger partial charge in [-0.1, -0.05) is 54.1 Å². The summed E-state index contributed by atoms with van der Waals surface area (Å²) in [5, 5.41) is 7.74. The van der Waals surface area contributed by atoms with Crippen LogP contribution in [0.1, 0.15) is 29.7 Å². The maximum atomic E-state index is 14.2. The van der Waals surface area contributed by atoms with E-state index in [2.05, 4.69) is 15.4 Å². The first-order valence-corrected chi connectivity index (χ1v) is 12.2. The highest BCUT2D eigenvalue weighted by Crippen LogP contribution is 2.39. The van der Waals surface area contributed by atoms with E-state index in [1.54, 1.807) is 35.9 Å². The van der Waals surface area contributed by atoms with Gasteiger partial charge >= 0.3 is 5.97 Å². The number of aromatic nitrogens is 3. The molecule has 0 fully saturated rings. The third-order valence-electron chi connectivity index (χ3n) is 6.16. The molecule has 194 valence electrons. The minimum absolute atomic E-state index is 0.0855. The first-order valence-electron chi connectivity index (χ1n) is 11.8. The van der Waals surface area contributed by atoms with Gasteiger partial charge in [-0.15, -0.1) is 0 Å². The number of nitrogens with one attached hydrogen (secondary N) is 1. The molecule has 5 rings (SSSR count). The summed E-state index contributed by atoms with van der Waals surface area (Å²) in [5.41, 5.74) is 2.79. The van der Waals surface area contributed by atoms with E-state index in [4.69, 9.17) is 25.8 Å². The highest BCUT2D eigenvalue weighted by molar-refractivity contribution is 6.31. The maximum Gasteiger partial charge on any atom is 0.338 e. The van der Waals surface area contributed by atoms with E-state index in [0.29, 0.717) is 34.3 Å². The Labute approximate surface area is 223 Å². The number of carbonyl (C=O) groups is 1. The van der Waals surface area contributed by atoms with Gasteiger partial charge in [0.05, 0.1) is 17.7 Å². The predicted molar refractivity (Wildman–Crippen MR) is 139 cm³/mol. The molecule has 0 aliphatic carbocycles. The smallest absolute Gasteiger partial charge is 0.338 e. The summed E-state index contributed by atoms with van der Waals surface area (Å²) < 4.78 is 32.9. The Balaban J connectivity index is 1.44. The van der Waals surface area contributed by atoms with Crippen molar-refractivity contribution in [3.05, 3.63) is 112 Å². The summed E-state index contributed by atoms with van der Waals surface area (Å²) in [4.78, 5) is 17.6. The normalized spacial score (nSPS) is 14.5. The van der Waals surface area contributed by atoms with E-state index in [9.17, 15) is 9.18 Å². The van der Waals surface area contributed by atoms with Crippen LogP contribution in [-0.2, 0) is 22.7 Å². The SMILES string of the molecule is COc1cc(C2C(C(=O)OCc3ccccc3)=C(C)Nc3ncnn32)ccc1OCc1c(F)cccc1Cl. The number of benzene rings is 3. The van der Waals surface area contributed by atoms with E-state index in [1.807, 2.05) is 30.3 Å². The van der Waals surface area contributed by atoms with Gasteiger partial charge in [-0.2, -0.15) is 10.1 Å². The molecule has 1 atom stereocenters. The molecule has 0 saturated carbocycles. The van der Waals surface area contributed by atoms with Gasteiger partial charge in [0, 0.05) is 11.3 Å². The van der Waals surface area contributed by atoms with Crippen molar-refractivity contribution < 1.29 is 23.4 Å². The van der Waals surface area contributed by atoms with Gasteiger partial charge in [-0.3, -0.25) is 0 Å². The monoisotopic (exact) mass is 534 g/mol. The first-order chi connectivity index (χ1) is 18.5. The predicted octanol–water partition coefficient (Wildman–Crippen LogP) is 5.69. The van der Waals surface area contributed by atoms with Crippen molar-refractivity contribution in [2.45, 2.75) is 26.2 Å². The average Bonchev–Trinajstić information content (AvgIpc) is 3.39. The topological polar surface area (TPSA) is 87.5 Å². The van der Waals surface area contributed by atoms with Gasteiger partial charge in [0.25, 0.3) is 0 Å². The largest absolute Gasteiger partial charge is 0.493 e. The van der Waals surface area contributed by atoms with Crippen molar-refractivity contribution in [1.82, 2.24) is 14.8 Å². The fraction of sp³-hybridized carbons (Fsp3) is 0.179. The molecule has 1 N–H and O–H groups in total. The maximum absolute atomic E-state index is 14.2. The van der Waals surface area contributed by atoms with Crippen LogP contribution in [0.3, 0.4) is 0 Å². The Kier molecular flexibility index (Phi) is 7.28. The number of ether oxygens (including phenoxy) is 3. The van der Waals surface area contributed by atoms with E-state index >= 15 is 0 Å². The van der Waals surface area contributed by atoms with Crippen LogP contribution in [0, 0.1) is 5.82 Å². The number of carbonyl (C=O) groups excluding carboxylic acids is 1. The number of anilines is 1. The Hall–Kier alpha value is -4.37. The first kappa shape index (κ1) is 25.3. The second-order valence-electron chi connectivity index (χ2n) is 8.56. The molecule has 0 saturated heterocycles. The number of nitrogens with zero attached hydrogens (tertiary/aromatic N) is 3. The number of hydrogen-bond acceptors (Lipinski definition) is 7. The second kappa shape index (κ2) is 10.9. The quantitative estimate of drug-likeness (QED) is 0.290. The van der Waals surface area contributed by atoms with Crippen LogP contribution in [0.15, 0.2) is 84.3 Å². The van der Waals surface area contributed by atoms with Crippen LogP contribution >= 0.6 is 11.6 Å². The number of methoxy groups -OCH3 is 1. The fourth-order valence-electron chi connectivity index (χ4n) is 4.26. The molecule has 1 aromatic heterocycles. The summed E-state index contributed by atoms with van der Waals surface area (Å²) >= 11 is 6.14. The molecule has 1 aliphatic heterocycles. The van der Waals surface area contributed by atoms with Crippen LogP contribution < -0.4 is 14.8 Å². The van der Waals surface area contributed by atoms with Gasteiger partial charge in [0.15, 0.2) is 11.5 Å². The van der Waals surface area contributed by atoms with Crippen molar-refractivity contribution in [2.75, 3.05) is 12.4 Å². The molecule has 0 amide bonds. The van der Waals surface area contributed by atoms with Gasteiger partial charge < -0.3 is 19.5 Å². The molecule has 2 heterocycles. The molecule has 0 spiro atoms. The van der Waals surface area contributed by atoms with Crippen LogP contribution in [0.2, 0.25) is 5.02 Å². The van der Waals surface area contributed by atoms with Gasteiger partial charge in [-0.05, 0) is 42.3 Å². The molecular weight excluding hydrogens is 511 g/mol. The molecule has 0 radical (unpaired) electrons. The zero-order chi connectivity index (χ0) is 26.6. The molecule has 1 aliphatic rings. The van der Waals surface area contributed by atoms with Crippen molar-refractivity contribution in [3.63, 3.8) is 0 Å². The molecule has 10 heteroatoms. The molecule has 1 unspecified atom stereocenters. The molecule has 0 bridgehead atoms.